The summed E-state index contributed by atoms with van der Waals surface area (Å²) in [5.41, 5.74) is 3.94. The number of pyridine rings is 3. The van der Waals surface area contributed by atoms with Crippen molar-refractivity contribution in [3.8, 4) is 22.8 Å². The number of ether oxygens (including phenoxy) is 2. The number of aromatic nitrogens is 5. The maximum absolute atomic E-state index is 13.6. The van der Waals surface area contributed by atoms with Gasteiger partial charge in [-0.15, -0.1) is 0 Å². The van der Waals surface area contributed by atoms with Crippen molar-refractivity contribution in [3.05, 3.63) is 81.5 Å². The minimum absolute atomic E-state index is 0.151. The number of Topliss-reactive ketones (excluding diaryl/α,β-unsaturated/α-hetero) is 1. The normalized spacial score (nSPS) is 14.2. The Labute approximate surface area is 237 Å². The number of aryl methyl sites for hydroxylation is 1. The molecular weight excluding hydrogens is 554 g/mol. The number of anilines is 1. The summed E-state index contributed by atoms with van der Waals surface area (Å²) in [6.07, 6.45) is 4.62. The van der Waals surface area contributed by atoms with E-state index in [0.717, 1.165) is 4.88 Å². The van der Waals surface area contributed by atoms with Crippen molar-refractivity contribution in [1.82, 2.24) is 29.9 Å². The van der Waals surface area contributed by atoms with Crippen LogP contribution >= 0.6 is 22.9 Å². The maximum atomic E-state index is 13.6. The molecule has 2 N–H and O–H groups in total. The molecule has 0 saturated carbocycles. The summed E-state index contributed by atoms with van der Waals surface area (Å²) in [7, 11) is 3.07. The van der Waals surface area contributed by atoms with E-state index in [2.05, 4.69) is 30.7 Å². The summed E-state index contributed by atoms with van der Waals surface area (Å²) in [5, 5.41) is 11.0. The van der Waals surface area contributed by atoms with Crippen molar-refractivity contribution in [2.45, 2.75) is 19.5 Å². The number of carbonyl (C=O) groups is 2. The van der Waals surface area contributed by atoms with Crippen molar-refractivity contribution in [3.63, 3.8) is 0 Å². The van der Waals surface area contributed by atoms with E-state index in [1.54, 1.807) is 48.2 Å². The van der Waals surface area contributed by atoms with Gasteiger partial charge in [0.2, 0.25) is 5.88 Å². The van der Waals surface area contributed by atoms with Crippen LogP contribution in [0.1, 0.15) is 43.0 Å². The average Bonchev–Trinajstić information content (AvgIpc) is 3.68. The lowest BCUT2D eigenvalue weighted by molar-refractivity contribution is 0.0947. The van der Waals surface area contributed by atoms with Crippen molar-refractivity contribution in [1.29, 1.82) is 0 Å². The molecular formula is C27H22ClN7O4S. The SMILES string of the molecule is COc1cnc(Cl)cc1-c1cc(C)ncc1C(=O)Nc1nc2c(s1)CNC2C(=O)c1ccc(OC)n2nccc12. The lowest BCUT2D eigenvalue weighted by Gasteiger charge is -2.13. The number of halogens is 1. The molecule has 11 nitrogen and oxygen atoms in total. The minimum atomic E-state index is -0.663. The third kappa shape index (κ3) is 4.45. The first-order valence-corrected chi connectivity index (χ1v) is 13.3. The first kappa shape index (κ1) is 25.9. The number of hydrogen-bond acceptors (Lipinski definition) is 10. The second kappa shape index (κ2) is 10.3. The van der Waals surface area contributed by atoms with E-state index in [0.29, 0.717) is 62.5 Å². The molecule has 0 radical (unpaired) electrons. The minimum Gasteiger partial charge on any atom is -0.494 e. The van der Waals surface area contributed by atoms with Crippen molar-refractivity contribution in [2.75, 3.05) is 19.5 Å². The molecule has 40 heavy (non-hydrogen) atoms. The Morgan fingerprint density at radius 1 is 1.10 bits per heavy atom. The second-order valence-electron chi connectivity index (χ2n) is 8.96. The number of rotatable bonds is 7. The second-order valence-corrected chi connectivity index (χ2v) is 10.4. The molecule has 0 fully saturated rings. The lowest BCUT2D eigenvalue weighted by Crippen LogP contribution is -2.23. The third-order valence-corrected chi connectivity index (χ3v) is 7.77. The monoisotopic (exact) mass is 575 g/mol. The van der Waals surface area contributed by atoms with Crippen LogP contribution in [0, 0.1) is 6.92 Å². The van der Waals surface area contributed by atoms with Gasteiger partial charge in [-0.3, -0.25) is 25.2 Å². The van der Waals surface area contributed by atoms with Gasteiger partial charge in [-0.25, -0.2) is 14.5 Å². The van der Waals surface area contributed by atoms with Crippen LogP contribution in [0.4, 0.5) is 5.13 Å². The van der Waals surface area contributed by atoms with Gasteiger partial charge >= 0.3 is 0 Å². The quantitative estimate of drug-likeness (QED) is 0.212. The molecule has 6 heterocycles. The Morgan fingerprint density at radius 2 is 1.95 bits per heavy atom. The molecule has 0 saturated heterocycles. The smallest absolute Gasteiger partial charge is 0.259 e. The topological polar surface area (TPSA) is 133 Å². The Balaban J connectivity index is 1.29. The van der Waals surface area contributed by atoms with Gasteiger partial charge in [-0.1, -0.05) is 22.9 Å². The van der Waals surface area contributed by atoms with Crippen LogP contribution in [0.5, 0.6) is 11.6 Å². The fourth-order valence-corrected chi connectivity index (χ4v) is 5.81. The van der Waals surface area contributed by atoms with E-state index in [1.807, 2.05) is 6.92 Å². The Morgan fingerprint density at radius 3 is 2.75 bits per heavy atom. The van der Waals surface area contributed by atoms with Gasteiger partial charge in [0, 0.05) is 46.1 Å². The largest absolute Gasteiger partial charge is 0.494 e. The standard InChI is InChI=1S/C27H22ClN7O4S/c1-13-8-15(16-9-21(28)30-11-19(16)38-2)17(10-29-13)26(37)34-27-33-23-20(40-27)12-31-24(23)25(36)14-4-5-22(39-3)35-18(14)6-7-32-35/h4-11,24,31H,12H2,1-3H3,(H,33,34,37). The number of methoxy groups -OCH3 is 2. The fraction of sp³-hybridized carbons (Fsp3) is 0.185. The number of carbonyl (C=O) groups excluding carboxylic acids is 2. The number of amides is 1. The number of ketones is 1. The summed E-state index contributed by atoms with van der Waals surface area (Å²) < 4.78 is 12.4. The van der Waals surface area contributed by atoms with Crippen LogP contribution in [0.25, 0.3) is 16.6 Å². The molecule has 1 atom stereocenters. The number of fused-ring (bicyclic) bond motifs is 2. The van der Waals surface area contributed by atoms with Crippen LogP contribution in [0.15, 0.2) is 48.9 Å². The van der Waals surface area contributed by atoms with Gasteiger partial charge in [0.1, 0.15) is 16.9 Å². The molecule has 1 aliphatic heterocycles. The first-order valence-electron chi connectivity index (χ1n) is 12.1. The Hall–Kier alpha value is -4.39. The van der Waals surface area contributed by atoms with Crippen molar-refractivity contribution in [2.24, 2.45) is 0 Å². The lowest BCUT2D eigenvalue weighted by atomic mass is 10.0. The fourth-order valence-electron chi connectivity index (χ4n) is 4.71. The van der Waals surface area contributed by atoms with Gasteiger partial charge < -0.3 is 9.47 Å². The van der Waals surface area contributed by atoms with Gasteiger partial charge in [-0.05, 0) is 31.2 Å². The van der Waals surface area contributed by atoms with Crippen LogP contribution in [0.3, 0.4) is 0 Å². The zero-order valence-corrected chi connectivity index (χ0v) is 23.1. The van der Waals surface area contributed by atoms with Gasteiger partial charge in [0.15, 0.2) is 10.9 Å². The Kier molecular flexibility index (Phi) is 6.66. The number of nitrogens with one attached hydrogen (secondary N) is 2. The maximum Gasteiger partial charge on any atom is 0.259 e. The summed E-state index contributed by atoms with van der Waals surface area (Å²) in [6.45, 7) is 2.28. The molecule has 0 spiro atoms. The molecule has 202 valence electrons. The number of thiazole rings is 1. The van der Waals surface area contributed by atoms with Crippen molar-refractivity contribution >= 4 is 45.3 Å². The number of nitrogens with zero attached hydrogens (tertiary/aromatic N) is 5. The first-order chi connectivity index (χ1) is 19.4. The van der Waals surface area contributed by atoms with E-state index < -0.39 is 11.9 Å². The molecule has 6 rings (SSSR count). The Bertz CT molecular complexity index is 1800. The van der Waals surface area contributed by atoms with Crippen LogP contribution in [-0.4, -0.2) is 50.5 Å². The zero-order chi connectivity index (χ0) is 28.0. The molecule has 5 aromatic heterocycles. The molecule has 1 unspecified atom stereocenters. The van der Waals surface area contributed by atoms with Crippen LogP contribution in [-0.2, 0) is 6.54 Å². The molecule has 1 aliphatic rings. The molecule has 0 bridgehead atoms. The number of hydrogen-bond donors (Lipinski definition) is 2. The van der Waals surface area contributed by atoms with Crippen molar-refractivity contribution < 1.29 is 19.1 Å². The highest BCUT2D eigenvalue weighted by Gasteiger charge is 2.34. The summed E-state index contributed by atoms with van der Waals surface area (Å²) in [6, 6.07) is 7.95. The third-order valence-electron chi connectivity index (χ3n) is 6.57. The summed E-state index contributed by atoms with van der Waals surface area (Å²) in [4.78, 5) is 41.0. The summed E-state index contributed by atoms with van der Waals surface area (Å²) in [5.74, 6) is 0.432. The highest BCUT2D eigenvalue weighted by molar-refractivity contribution is 7.16. The van der Waals surface area contributed by atoms with E-state index in [4.69, 9.17) is 21.1 Å². The van der Waals surface area contributed by atoms with E-state index in [9.17, 15) is 9.59 Å². The summed E-state index contributed by atoms with van der Waals surface area (Å²) >= 11 is 7.47. The molecule has 13 heteroatoms. The average molecular weight is 576 g/mol. The highest BCUT2D eigenvalue weighted by atomic mass is 35.5. The highest BCUT2D eigenvalue weighted by Crippen LogP contribution is 2.37. The predicted molar refractivity (Wildman–Crippen MR) is 149 cm³/mol. The van der Waals surface area contributed by atoms with E-state index >= 15 is 0 Å². The van der Waals surface area contributed by atoms with Crippen LogP contribution in [0.2, 0.25) is 5.15 Å². The molecule has 0 aliphatic carbocycles. The predicted octanol–water partition coefficient (Wildman–Crippen LogP) is 4.51. The van der Waals surface area contributed by atoms with E-state index in [1.165, 1.54) is 30.8 Å². The van der Waals surface area contributed by atoms with Crippen LogP contribution < -0.4 is 20.1 Å². The van der Waals surface area contributed by atoms with Gasteiger partial charge in [0.05, 0.1) is 43.4 Å². The zero-order valence-electron chi connectivity index (χ0n) is 21.6. The van der Waals surface area contributed by atoms with Gasteiger partial charge in [-0.2, -0.15) is 5.10 Å². The molecule has 0 aromatic carbocycles. The molecule has 5 aromatic rings. The van der Waals surface area contributed by atoms with E-state index in [-0.39, 0.29) is 10.9 Å². The molecule has 1 amide bonds. The van der Waals surface area contributed by atoms with Gasteiger partial charge in [0.25, 0.3) is 5.91 Å².